The van der Waals surface area contributed by atoms with E-state index in [-0.39, 0.29) is 54.4 Å². The number of nitrogens with zero attached hydrogens (tertiary/aromatic N) is 1. The van der Waals surface area contributed by atoms with Gasteiger partial charge in [-0.05, 0) is 61.1 Å². The van der Waals surface area contributed by atoms with E-state index < -0.39 is 23.5 Å². The number of aromatic nitrogens is 1. The van der Waals surface area contributed by atoms with Crippen LogP contribution >= 0.6 is 0 Å². The lowest BCUT2D eigenvalue weighted by molar-refractivity contribution is -0.138. The topological polar surface area (TPSA) is 97.5 Å². The molecule has 0 spiro atoms. The third-order valence-corrected chi connectivity index (χ3v) is 7.32. The van der Waals surface area contributed by atoms with Crippen LogP contribution in [0, 0.1) is 5.92 Å². The van der Waals surface area contributed by atoms with E-state index in [1.807, 2.05) is 24.3 Å². The third kappa shape index (κ3) is 7.65. The van der Waals surface area contributed by atoms with Gasteiger partial charge in [0.1, 0.15) is 11.5 Å². The fraction of sp³-hybridized carbons (Fsp3) is 0.400. The van der Waals surface area contributed by atoms with Gasteiger partial charge in [-0.1, -0.05) is 47.6 Å². The molecule has 0 amide bonds. The van der Waals surface area contributed by atoms with Gasteiger partial charge in [0.15, 0.2) is 11.5 Å². The normalized spacial score (nSPS) is 17.6. The summed E-state index contributed by atoms with van der Waals surface area (Å²) in [6.07, 6.45) is 0.188. The third-order valence-electron chi connectivity index (χ3n) is 7.32. The molecule has 0 bridgehead atoms. The number of hydrogen-bond donors (Lipinski definition) is 1. The van der Waals surface area contributed by atoms with Gasteiger partial charge in [0.25, 0.3) is 0 Å². The maximum absolute atomic E-state index is 13.3. The zero-order chi connectivity index (χ0) is 28.0. The lowest BCUT2D eigenvalue weighted by Crippen LogP contribution is -2.16. The fourth-order valence-electron chi connectivity index (χ4n) is 5.22. The second kappa shape index (κ2) is 12.4. The minimum atomic E-state index is -4.57. The summed E-state index contributed by atoms with van der Waals surface area (Å²) in [6.45, 7) is 0. The van der Waals surface area contributed by atoms with Crippen LogP contribution in [0.5, 0.6) is 0 Å². The minimum absolute atomic E-state index is 0.00956. The maximum atomic E-state index is 13.3. The molecule has 39 heavy (non-hydrogen) atoms. The van der Waals surface area contributed by atoms with Crippen molar-refractivity contribution in [3.05, 3.63) is 77.0 Å². The van der Waals surface area contributed by atoms with Crippen LogP contribution in [0.1, 0.15) is 84.5 Å². The average Bonchev–Trinajstić information content (AvgIpc) is 3.39. The average molecular weight is 542 g/mol. The summed E-state index contributed by atoms with van der Waals surface area (Å²) in [5.74, 6) is -0.631. The Kier molecular flexibility index (Phi) is 8.99. The van der Waals surface area contributed by atoms with E-state index in [2.05, 4.69) is 5.16 Å². The molecule has 0 atom stereocenters. The highest BCUT2D eigenvalue weighted by atomic mass is 19.4. The number of carbonyl (C=O) groups is 3. The number of carboxylic acid groups (broad SMARTS) is 1. The van der Waals surface area contributed by atoms with E-state index in [0.717, 1.165) is 37.3 Å². The number of benzene rings is 2. The Bertz CT molecular complexity index is 1300. The van der Waals surface area contributed by atoms with Crippen LogP contribution in [-0.4, -0.2) is 27.8 Å². The highest BCUT2D eigenvalue weighted by Crippen LogP contribution is 2.38. The number of carboxylic acids is 1. The second-order valence-electron chi connectivity index (χ2n) is 10.2. The quantitative estimate of drug-likeness (QED) is 0.256. The van der Waals surface area contributed by atoms with E-state index in [9.17, 15) is 27.6 Å². The second-order valence-corrected chi connectivity index (χ2v) is 10.2. The molecule has 0 aliphatic heterocycles. The zero-order valence-corrected chi connectivity index (χ0v) is 21.4. The van der Waals surface area contributed by atoms with Crippen LogP contribution in [0.25, 0.3) is 11.3 Å². The molecule has 1 N–H and O–H groups in total. The summed E-state index contributed by atoms with van der Waals surface area (Å²) < 4.78 is 44.8. The largest absolute Gasteiger partial charge is 0.481 e. The molecular weight excluding hydrogens is 511 g/mol. The highest BCUT2D eigenvalue weighted by molar-refractivity contribution is 5.95. The Labute approximate surface area is 224 Å². The van der Waals surface area contributed by atoms with Crippen LogP contribution < -0.4 is 0 Å². The first kappa shape index (κ1) is 28.3. The van der Waals surface area contributed by atoms with E-state index in [1.54, 1.807) is 0 Å². The SMILES string of the molecule is O=C(O)CC1CCC(c2ccc(CC(=O)CCCC(=O)c3cc(-c4ccccc4C(F)(F)F)on3)cc2)CC1. The van der Waals surface area contributed by atoms with Crippen molar-refractivity contribution in [2.45, 2.75) is 69.9 Å². The first-order chi connectivity index (χ1) is 18.6. The Hall–Kier alpha value is -3.75. The standard InChI is InChI=1S/C30H30F3NO5/c31-30(32,33)25-6-2-1-5-24(25)28-18-26(34-39-28)27(36)7-3-4-23(35)16-19-8-12-21(13-9-19)22-14-10-20(11-15-22)17-29(37)38/h1-2,5-6,8-9,12-13,18,20,22H,3-4,7,10-11,14-17H2,(H,37,38). The number of ketones is 2. The Morgan fingerprint density at radius 1 is 0.949 bits per heavy atom. The molecule has 1 aliphatic carbocycles. The smallest absolute Gasteiger partial charge is 0.417 e. The lowest BCUT2D eigenvalue weighted by Gasteiger charge is -2.28. The molecule has 206 valence electrons. The molecule has 1 aromatic heterocycles. The van der Waals surface area contributed by atoms with Crippen molar-refractivity contribution in [2.24, 2.45) is 5.92 Å². The van der Waals surface area contributed by atoms with Crippen molar-refractivity contribution in [3.63, 3.8) is 0 Å². The molecule has 9 heteroatoms. The van der Waals surface area contributed by atoms with Gasteiger partial charge in [0.2, 0.25) is 0 Å². The number of hydrogen-bond acceptors (Lipinski definition) is 5. The van der Waals surface area contributed by atoms with Crippen LogP contribution in [0.15, 0.2) is 59.1 Å². The van der Waals surface area contributed by atoms with Gasteiger partial charge in [-0.15, -0.1) is 0 Å². The number of aliphatic carboxylic acids is 1. The Morgan fingerprint density at radius 2 is 1.64 bits per heavy atom. The van der Waals surface area contributed by atoms with Crippen molar-refractivity contribution >= 4 is 17.5 Å². The van der Waals surface area contributed by atoms with E-state index >= 15 is 0 Å². The van der Waals surface area contributed by atoms with Crippen LogP contribution in [0.4, 0.5) is 13.2 Å². The Balaban J connectivity index is 1.23. The number of halogens is 3. The number of carbonyl (C=O) groups excluding carboxylic acids is 2. The molecule has 0 radical (unpaired) electrons. The summed E-state index contributed by atoms with van der Waals surface area (Å²) in [4.78, 5) is 35.9. The summed E-state index contributed by atoms with van der Waals surface area (Å²) in [5, 5.41) is 12.6. The van der Waals surface area contributed by atoms with Gasteiger partial charge >= 0.3 is 12.1 Å². The monoisotopic (exact) mass is 541 g/mol. The maximum Gasteiger partial charge on any atom is 0.417 e. The first-order valence-electron chi connectivity index (χ1n) is 13.1. The molecule has 2 aromatic carbocycles. The number of alkyl halides is 3. The summed E-state index contributed by atoms with van der Waals surface area (Å²) in [7, 11) is 0. The molecule has 3 aromatic rings. The zero-order valence-electron chi connectivity index (χ0n) is 21.4. The molecule has 0 unspecified atom stereocenters. The van der Waals surface area contributed by atoms with Crippen molar-refractivity contribution in [1.82, 2.24) is 5.16 Å². The molecule has 0 saturated heterocycles. The van der Waals surface area contributed by atoms with Gasteiger partial charge < -0.3 is 9.63 Å². The minimum Gasteiger partial charge on any atom is -0.481 e. The summed E-state index contributed by atoms with van der Waals surface area (Å²) >= 11 is 0. The predicted octanol–water partition coefficient (Wildman–Crippen LogP) is 7.27. The molecule has 1 heterocycles. The van der Waals surface area contributed by atoms with Gasteiger partial charge in [-0.2, -0.15) is 13.2 Å². The van der Waals surface area contributed by atoms with Gasteiger partial charge in [0.05, 0.1) is 5.56 Å². The number of rotatable bonds is 11. The summed E-state index contributed by atoms with van der Waals surface area (Å²) in [6, 6.07) is 14.1. The van der Waals surface area contributed by atoms with Crippen molar-refractivity contribution in [1.29, 1.82) is 0 Å². The highest BCUT2D eigenvalue weighted by Gasteiger charge is 2.34. The molecular formula is C30H30F3NO5. The summed E-state index contributed by atoms with van der Waals surface area (Å²) in [5.41, 5.74) is 0.960. The van der Waals surface area contributed by atoms with Crippen molar-refractivity contribution in [3.8, 4) is 11.3 Å². The van der Waals surface area contributed by atoms with Crippen LogP contribution in [0.2, 0.25) is 0 Å². The van der Waals surface area contributed by atoms with Crippen molar-refractivity contribution < 1.29 is 37.2 Å². The predicted molar refractivity (Wildman–Crippen MR) is 137 cm³/mol. The van der Waals surface area contributed by atoms with Crippen molar-refractivity contribution in [2.75, 3.05) is 0 Å². The van der Waals surface area contributed by atoms with Crippen LogP contribution in [-0.2, 0) is 22.2 Å². The Morgan fingerprint density at radius 3 is 2.31 bits per heavy atom. The molecule has 1 aliphatic rings. The number of Topliss-reactive ketones (excluding diaryl/α,β-unsaturated/α-hetero) is 2. The van der Waals surface area contributed by atoms with Gasteiger partial charge in [-0.3, -0.25) is 14.4 Å². The van der Waals surface area contributed by atoms with Gasteiger partial charge in [-0.25, -0.2) is 0 Å². The molecule has 6 nitrogen and oxygen atoms in total. The van der Waals surface area contributed by atoms with E-state index in [0.29, 0.717) is 12.3 Å². The van der Waals surface area contributed by atoms with E-state index in [1.165, 1.54) is 29.8 Å². The molecule has 1 saturated carbocycles. The molecule has 4 rings (SSSR count). The molecule has 1 fully saturated rings. The first-order valence-corrected chi connectivity index (χ1v) is 13.1. The van der Waals surface area contributed by atoms with E-state index in [4.69, 9.17) is 9.63 Å². The fourth-order valence-corrected chi connectivity index (χ4v) is 5.22. The lowest BCUT2D eigenvalue weighted by atomic mass is 9.77. The van der Waals surface area contributed by atoms with Crippen LogP contribution in [0.3, 0.4) is 0 Å². The van der Waals surface area contributed by atoms with Gasteiger partial charge in [0, 0.05) is 37.3 Å².